The number of thioether (sulfide) groups is 1. The van der Waals surface area contributed by atoms with Crippen molar-refractivity contribution >= 4 is 43.0 Å². The van der Waals surface area contributed by atoms with Gasteiger partial charge in [-0.1, -0.05) is 6.30 Å². The van der Waals surface area contributed by atoms with Crippen molar-refractivity contribution in [1.29, 1.82) is 0 Å². The maximum Gasteiger partial charge on any atom is 0.349 e. The van der Waals surface area contributed by atoms with Gasteiger partial charge in [0, 0.05) is 44.0 Å². The molecule has 0 aromatic carbocycles. The van der Waals surface area contributed by atoms with E-state index in [1.54, 1.807) is 24.3 Å². The minimum absolute atomic E-state index is 0.0181. The van der Waals surface area contributed by atoms with Crippen LogP contribution in [0.3, 0.4) is 0 Å². The lowest BCUT2D eigenvalue weighted by atomic mass is 9.81. The summed E-state index contributed by atoms with van der Waals surface area (Å²) in [6, 6.07) is 0. The zero-order valence-electron chi connectivity index (χ0n) is 24.7. The van der Waals surface area contributed by atoms with Crippen LogP contribution in [0.25, 0.3) is 0 Å². The fraction of sp³-hybridized carbons (Fsp3) is 0.714. The molecule has 41 heavy (non-hydrogen) atoms. The number of rotatable bonds is 11. The molecular weight excluding hydrogens is 567 g/mol. The van der Waals surface area contributed by atoms with Gasteiger partial charge in [0.1, 0.15) is 24.9 Å². The molecule has 1 aromatic rings. The summed E-state index contributed by atoms with van der Waals surface area (Å²) >= 11 is 1.30. The Morgan fingerprint density at radius 3 is 2.59 bits per heavy atom. The number of amides is 2. The number of nitrogens with one attached hydrogen (secondary N) is 1. The summed E-state index contributed by atoms with van der Waals surface area (Å²) < 4.78 is 19.8. The summed E-state index contributed by atoms with van der Waals surface area (Å²) in [6.07, 6.45) is 9.69. The number of aromatic nitrogens is 2. The maximum atomic E-state index is 13.2. The van der Waals surface area contributed by atoms with Gasteiger partial charge < -0.3 is 24.0 Å². The minimum Gasteiger partial charge on any atom is -0.353 e. The first-order valence-electron chi connectivity index (χ1n) is 14.3. The van der Waals surface area contributed by atoms with Crippen LogP contribution >= 0.6 is 19.1 Å². The van der Waals surface area contributed by atoms with E-state index in [2.05, 4.69) is 16.6 Å². The van der Waals surface area contributed by atoms with E-state index in [1.807, 2.05) is 20.5 Å². The summed E-state index contributed by atoms with van der Waals surface area (Å²) in [7, 11) is -2.38. The lowest BCUT2D eigenvalue weighted by Crippen LogP contribution is -2.42. The Kier molecular flexibility index (Phi) is 10.6. The minimum atomic E-state index is -2.38. The molecular formula is C28H43N4O7PS. The molecule has 3 unspecified atom stereocenters. The zero-order chi connectivity index (χ0) is 29.9. The summed E-state index contributed by atoms with van der Waals surface area (Å²) in [6.45, 7) is 8.89. The van der Waals surface area contributed by atoms with Crippen LogP contribution in [0.1, 0.15) is 56.5 Å². The van der Waals surface area contributed by atoms with Crippen molar-refractivity contribution in [3.8, 4) is 0 Å². The predicted octanol–water partition coefficient (Wildman–Crippen LogP) is 2.54. The molecule has 228 valence electrons. The number of likely N-dealkylation sites (tertiary alicyclic amines) is 1. The number of ether oxygens (including phenoxy) is 1. The van der Waals surface area contributed by atoms with Crippen molar-refractivity contribution in [1.82, 2.24) is 19.8 Å². The fourth-order valence-electron chi connectivity index (χ4n) is 5.91. The average molecular weight is 611 g/mol. The first-order chi connectivity index (χ1) is 19.4. The molecule has 1 aromatic heterocycles. The summed E-state index contributed by atoms with van der Waals surface area (Å²) in [4.78, 5) is 56.2. The average Bonchev–Trinajstić information content (AvgIpc) is 3.43. The number of ketones is 1. The molecule has 2 amide bonds. The zero-order valence-corrected chi connectivity index (χ0v) is 26.4. The molecule has 5 atom stereocenters. The van der Waals surface area contributed by atoms with Crippen LogP contribution in [0.15, 0.2) is 11.0 Å². The molecule has 1 aliphatic carbocycles. The van der Waals surface area contributed by atoms with E-state index in [0.29, 0.717) is 25.3 Å². The van der Waals surface area contributed by atoms with E-state index in [1.165, 1.54) is 16.3 Å². The van der Waals surface area contributed by atoms with Crippen LogP contribution in [-0.4, -0.2) is 95.0 Å². The van der Waals surface area contributed by atoms with Crippen LogP contribution in [0.2, 0.25) is 0 Å². The number of carbonyl (C=O) groups is 3. The maximum absolute atomic E-state index is 13.2. The molecule has 4 rings (SSSR count). The first kappa shape index (κ1) is 31.9. The molecule has 3 aliphatic rings. The number of nitrogens with zero attached hydrogens (tertiary/aromatic N) is 3. The molecule has 3 fully saturated rings. The van der Waals surface area contributed by atoms with E-state index in [9.17, 15) is 19.2 Å². The molecule has 0 radical (unpaired) electrons. The Labute approximate surface area is 246 Å². The normalized spacial score (nSPS) is 30.0. The second-order valence-electron chi connectivity index (χ2n) is 11.4. The van der Waals surface area contributed by atoms with E-state index >= 15 is 0 Å². The van der Waals surface area contributed by atoms with Gasteiger partial charge in [0.05, 0.1) is 19.3 Å². The number of hydrogen-bond acceptors (Lipinski definition) is 9. The van der Waals surface area contributed by atoms with Gasteiger partial charge in [-0.15, -0.1) is 11.8 Å². The van der Waals surface area contributed by atoms with E-state index in [0.717, 1.165) is 31.2 Å². The third kappa shape index (κ3) is 7.70. The molecule has 0 bridgehead atoms. The van der Waals surface area contributed by atoms with Crippen molar-refractivity contribution in [2.24, 2.45) is 11.8 Å². The largest absolute Gasteiger partial charge is 0.353 e. The van der Waals surface area contributed by atoms with Crippen LogP contribution in [0, 0.1) is 25.7 Å². The number of hydrogen-bond donors (Lipinski definition) is 1. The van der Waals surface area contributed by atoms with Crippen molar-refractivity contribution in [2.75, 3.05) is 39.2 Å². The third-order valence-electron chi connectivity index (χ3n) is 8.22. The summed E-state index contributed by atoms with van der Waals surface area (Å²) in [5.74, 6) is 0.0214. The highest BCUT2D eigenvalue weighted by atomic mass is 32.2. The Hall–Kier alpha value is -1.98. The number of Topliss-reactive ketones (excluding diaryl/α,β-unsaturated/α-hetero) is 1. The van der Waals surface area contributed by atoms with Gasteiger partial charge in [-0.05, 0) is 64.2 Å². The van der Waals surface area contributed by atoms with Gasteiger partial charge in [-0.25, -0.2) is 4.79 Å². The monoisotopic (exact) mass is 610 g/mol. The molecule has 0 spiro atoms. The van der Waals surface area contributed by atoms with Crippen molar-refractivity contribution in [3.05, 3.63) is 27.9 Å². The van der Waals surface area contributed by atoms with E-state index in [4.69, 9.17) is 13.8 Å². The highest BCUT2D eigenvalue weighted by molar-refractivity contribution is 8.00. The Morgan fingerprint density at radius 2 is 1.95 bits per heavy atom. The predicted molar refractivity (Wildman–Crippen MR) is 160 cm³/mol. The highest BCUT2D eigenvalue weighted by Crippen LogP contribution is 2.48. The highest BCUT2D eigenvalue weighted by Gasteiger charge is 2.41. The molecule has 11 nitrogen and oxygen atoms in total. The first-order valence-corrected chi connectivity index (χ1v) is 17.8. The van der Waals surface area contributed by atoms with Crippen LogP contribution in [0.5, 0.6) is 0 Å². The summed E-state index contributed by atoms with van der Waals surface area (Å²) in [5.41, 5.74) is 1.17. The third-order valence-corrected chi connectivity index (χ3v) is 10.7. The van der Waals surface area contributed by atoms with Gasteiger partial charge in [0.15, 0.2) is 5.78 Å². The van der Waals surface area contributed by atoms with Crippen LogP contribution in [0.4, 0.5) is 0 Å². The van der Waals surface area contributed by atoms with Crippen molar-refractivity contribution < 1.29 is 28.2 Å². The molecule has 1 saturated carbocycles. The molecule has 1 N–H and O–H groups in total. The standard InChI is InChI=1S/C28H43N4O7PS/c1-7-37-40(4,5)39-22-12-24(32-14-17(2)18(3)30-28(32)36)38-23(22)13-29-26(34)20-10-8-19(9-11-20)15-31-16-21(33)25(41-6)27(31)35/h14,19-20,22-25H,4,7-13,15-16H2,1-3,5-6H3,(H,29,34)/t19?,20?,22?,23-,24-,25?,40?/m1/s1. The van der Waals surface area contributed by atoms with Gasteiger partial charge in [0.25, 0.3) is 0 Å². The van der Waals surface area contributed by atoms with Crippen LogP contribution in [-0.2, 0) is 28.2 Å². The Bertz CT molecular complexity index is 1250. The molecule has 3 heterocycles. The van der Waals surface area contributed by atoms with E-state index in [-0.39, 0.29) is 48.2 Å². The number of aryl methyl sites for hydroxylation is 2. The Balaban J connectivity index is 1.33. The van der Waals surface area contributed by atoms with Crippen molar-refractivity contribution in [2.45, 2.75) is 76.6 Å². The van der Waals surface area contributed by atoms with E-state index < -0.39 is 31.0 Å². The quantitative estimate of drug-likeness (QED) is 0.297. The second kappa shape index (κ2) is 13.5. The van der Waals surface area contributed by atoms with Crippen LogP contribution < -0.4 is 11.0 Å². The topological polar surface area (TPSA) is 129 Å². The second-order valence-corrected chi connectivity index (χ2v) is 14.8. The van der Waals surface area contributed by atoms with Gasteiger partial charge in [-0.2, -0.15) is 4.98 Å². The lowest BCUT2D eigenvalue weighted by Gasteiger charge is -2.31. The molecule has 2 aliphatic heterocycles. The smallest absolute Gasteiger partial charge is 0.349 e. The van der Waals surface area contributed by atoms with Crippen molar-refractivity contribution in [3.63, 3.8) is 0 Å². The van der Waals surface area contributed by atoms with Gasteiger partial charge in [0.2, 0.25) is 11.8 Å². The fourth-order valence-corrected chi connectivity index (χ4v) is 8.00. The molecule has 2 saturated heterocycles. The SMILES string of the molecule is C=P(C)(OCC)OC1C[C@H](n2cc(C)c(C)nc2=O)O[C@@H]1CNC(=O)C1CCC(CN2CC(=O)C(SC)C2=O)CC1. The van der Waals surface area contributed by atoms with Gasteiger partial charge in [-0.3, -0.25) is 19.0 Å². The van der Waals surface area contributed by atoms with Gasteiger partial charge >= 0.3 is 5.69 Å². The molecule has 13 heteroatoms. The lowest BCUT2D eigenvalue weighted by molar-refractivity contribution is -0.129. The summed E-state index contributed by atoms with van der Waals surface area (Å²) in [5, 5.41) is 2.49. The Morgan fingerprint density at radius 1 is 1.24 bits per heavy atom. The number of carbonyl (C=O) groups excluding carboxylic acids is 3.